The fourth-order valence-corrected chi connectivity index (χ4v) is 2.62. The Morgan fingerprint density at radius 1 is 1.39 bits per heavy atom. The number of aromatic nitrogens is 2. The molecule has 100 valence electrons. The zero-order valence-electron chi connectivity index (χ0n) is 11.8. The molecule has 1 unspecified atom stereocenters. The first-order valence-electron chi connectivity index (χ1n) is 6.51. The molecule has 0 aromatic carbocycles. The van der Waals surface area contributed by atoms with Gasteiger partial charge in [-0.2, -0.15) is 0 Å². The molecule has 5 nitrogen and oxygen atoms in total. The standard InChI is InChI=1S/C13H23N5/c1-9-12(14)15-10(2)16-13(9)18(4)8-11-6-5-7-17(11)3/h11H,5-8H2,1-4H3,(H2,14,15,16). The molecular weight excluding hydrogens is 226 g/mol. The van der Waals surface area contributed by atoms with Gasteiger partial charge in [-0.1, -0.05) is 0 Å². The lowest BCUT2D eigenvalue weighted by molar-refractivity contribution is 0.314. The average Bonchev–Trinajstić information content (AvgIpc) is 2.69. The molecule has 2 heterocycles. The summed E-state index contributed by atoms with van der Waals surface area (Å²) < 4.78 is 0. The molecule has 1 atom stereocenters. The highest BCUT2D eigenvalue weighted by Crippen LogP contribution is 2.23. The van der Waals surface area contributed by atoms with E-state index in [1.54, 1.807) is 0 Å². The number of nitrogen functional groups attached to an aromatic ring is 1. The predicted molar refractivity (Wildman–Crippen MR) is 74.8 cm³/mol. The van der Waals surface area contributed by atoms with Gasteiger partial charge in [0.05, 0.1) is 0 Å². The number of aryl methyl sites for hydroxylation is 1. The van der Waals surface area contributed by atoms with Gasteiger partial charge in [-0.05, 0) is 40.3 Å². The third kappa shape index (κ3) is 2.56. The fourth-order valence-electron chi connectivity index (χ4n) is 2.62. The van der Waals surface area contributed by atoms with Gasteiger partial charge in [0.2, 0.25) is 0 Å². The van der Waals surface area contributed by atoms with Crippen molar-refractivity contribution in [3.05, 3.63) is 11.4 Å². The molecule has 0 saturated carbocycles. The number of likely N-dealkylation sites (tertiary alicyclic amines) is 1. The minimum absolute atomic E-state index is 0.587. The summed E-state index contributed by atoms with van der Waals surface area (Å²) in [4.78, 5) is 13.3. The maximum atomic E-state index is 5.91. The van der Waals surface area contributed by atoms with E-state index < -0.39 is 0 Å². The molecule has 1 aromatic heterocycles. The summed E-state index contributed by atoms with van der Waals surface area (Å²) in [6, 6.07) is 0.617. The normalized spacial score (nSPS) is 20.3. The average molecular weight is 249 g/mol. The smallest absolute Gasteiger partial charge is 0.137 e. The number of nitrogens with zero attached hydrogens (tertiary/aromatic N) is 4. The molecule has 0 radical (unpaired) electrons. The Morgan fingerprint density at radius 2 is 2.11 bits per heavy atom. The maximum absolute atomic E-state index is 5.91. The van der Waals surface area contributed by atoms with Crippen LogP contribution in [-0.4, -0.2) is 48.1 Å². The van der Waals surface area contributed by atoms with Gasteiger partial charge in [-0.25, -0.2) is 9.97 Å². The first-order chi connectivity index (χ1) is 8.49. The SMILES string of the molecule is Cc1nc(N)c(C)c(N(C)CC2CCCN2C)n1. The van der Waals surface area contributed by atoms with Crippen molar-refractivity contribution < 1.29 is 0 Å². The Labute approximate surface area is 109 Å². The van der Waals surface area contributed by atoms with Crippen LogP contribution in [0.3, 0.4) is 0 Å². The lowest BCUT2D eigenvalue weighted by Gasteiger charge is -2.27. The van der Waals surface area contributed by atoms with Crippen molar-refractivity contribution in [2.24, 2.45) is 0 Å². The van der Waals surface area contributed by atoms with Gasteiger partial charge < -0.3 is 15.5 Å². The van der Waals surface area contributed by atoms with Crippen LogP contribution in [0.5, 0.6) is 0 Å². The highest BCUT2D eigenvalue weighted by atomic mass is 15.2. The van der Waals surface area contributed by atoms with E-state index in [2.05, 4.69) is 33.9 Å². The first-order valence-corrected chi connectivity index (χ1v) is 6.51. The Kier molecular flexibility index (Phi) is 3.71. The highest BCUT2D eigenvalue weighted by molar-refractivity contribution is 5.56. The van der Waals surface area contributed by atoms with E-state index in [-0.39, 0.29) is 0 Å². The molecule has 1 fully saturated rings. The van der Waals surface area contributed by atoms with Crippen LogP contribution in [0, 0.1) is 13.8 Å². The summed E-state index contributed by atoms with van der Waals surface area (Å²) in [5, 5.41) is 0. The Bertz CT molecular complexity index is 432. The van der Waals surface area contributed by atoms with E-state index in [0.29, 0.717) is 11.9 Å². The number of hydrogen-bond donors (Lipinski definition) is 1. The van der Waals surface area contributed by atoms with Crippen LogP contribution in [0.15, 0.2) is 0 Å². The number of anilines is 2. The van der Waals surface area contributed by atoms with Gasteiger partial charge in [0, 0.05) is 25.2 Å². The highest BCUT2D eigenvalue weighted by Gasteiger charge is 2.23. The van der Waals surface area contributed by atoms with Crippen molar-refractivity contribution in [2.45, 2.75) is 32.7 Å². The van der Waals surface area contributed by atoms with Crippen molar-refractivity contribution in [3.8, 4) is 0 Å². The summed E-state index contributed by atoms with van der Waals surface area (Å²) in [6.45, 7) is 6.06. The van der Waals surface area contributed by atoms with E-state index in [1.165, 1.54) is 19.4 Å². The van der Waals surface area contributed by atoms with Gasteiger partial charge in [0.1, 0.15) is 17.5 Å². The molecule has 5 heteroatoms. The summed E-state index contributed by atoms with van der Waals surface area (Å²) in [7, 11) is 4.28. The lowest BCUT2D eigenvalue weighted by Crippen LogP contribution is -2.37. The van der Waals surface area contributed by atoms with Crippen molar-refractivity contribution in [1.82, 2.24) is 14.9 Å². The molecule has 0 bridgehead atoms. The van der Waals surface area contributed by atoms with Crippen LogP contribution in [0.25, 0.3) is 0 Å². The van der Waals surface area contributed by atoms with Gasteiger partial charge in [-0.15, -0.1) is 0 Å². The fraction of sp³-hybridized carbons (Fsp3) is 0.692. The van der Waals surface area contributed by atoms with Crippen molar-refractivity contribution in [3.63, 3.8) is 0 Å². The van der Waals surface area contributed by atoms with Crippen LogP contribution in [-0.2, 0) is 0 Å². The predicted octanol–water partition coefficient (Wildman–Crippen LogP) is 1.21. The van der Waals surface area contributed by atoms with Crippen molar-refractivity contribution in [1.29, 1.82) is 0 Å². The van der Waals surface area contributed by atoms with Gasteiger partial charge in [0.25, 0.3) is 0 Å². The molecule has 2 N–H and O–H groups in total. The first kappa shape index (κ1) is 13.1. The van der Waals surface area contributed by atoms with Crippen LogP contribution in [0.2, 0.25) is 0 Å². The van der Waals surface area contributed by atoms with E-state index in [0.717, 1.165) is 23.8 Å². The van der Waals surface area contributed by atoms with E-state index in [4.69, 9.17) is 5.73 Å². The quantitative estimate of drug-likeness (QED) is 0.872. The molecule has 2 rings (SSSR count). The second-order valence-electron chi connectivity index (χ2n) is 5.26. The topological polar surface area (TPSA) is 58.3 Å². The summed E-state index contributed by atoms with van der Waals surface area (Å²) in [6.07, 6.45) is 2.55. The summed E-state index contributed by atoms with van der Waals surface area (Å²) >= 11 is 0. The molecule has 1 aromatic rings. The molecule has 1 aliphatic rings. The van der Waals surface area contributed by atoms with Crippen LogP contribution in [0.1, 0.15) is 24.2 Å². The largest absolute Gasteiger partial charge is 0.383 e. The minimum Gasteiger partial charge on any atom is -0.383 e. The molecule has 0 amide bonds. The van der Waals surface area contributed by atoms with E-state index in [9.17, 15) is 0 Å². The Balaban J connectivity index is 2.15. The monoisotopic (exact) mass is 249 g/mol. The van der Waals surface area contributed by atoms with Crippen LogP contribution < -0.4 is 10.6 Å². The third-order valence-corrected chi connectivity index (χ3v) is 3.79. The number of hydrogen-bond acceptors (Lipinski definition) is 5. The van der Waals surface area contributed by atoms with Crippen molar-refractivity contribution >= 4 is 11.6 Å². The number of rotatable bonds is 3. The Morgan fingerprint density at radius 3 is 2.72 bits per heavy atom. The molecule has 1 saturated heterocycles. The molecule has 0 spiro atoms. The molecule has 1 aliphatic heterocycles. The number of nitrogens with two attached hydrogens (primary N) is 1. The minimum atomic E-state index is 0.587. The lowest BCUT2D eigenvalue weighted by atomic mass is 10.2. The van der Waals surface area contributed by atoms with Gasteiger partial charge in [-0.3, -0.25) is 0 Å². The van der Waals surface area contributed by atoms with Crippen LogP contribution in [0.4, 0.5) is 11.6 Å². The second kappa shape index (κ2) is 5.10. The van der Waals surface area contributed by atoms with Gasteiger partial charge in [0.15, 0.2) is 0 Å². The number of likely N-dealkylation sites (N-methyl/N-ethyl adjacent to an activating group) is 2. The Hall–Kier alpha value is -1.36. The van der Waals surface area contributed by atoms with Gasteiger partial charge >= 0.3 is 0 Å². The van der Waals surface area contributed by atoms with Crippen LogP contribution >= 0.6 is 0 Å². The third-order valence-electron chi connectivity index (χ3n) is 3.79. The summed E-state index contributed by atoms with van der Waals surface area (Å²) in [5.41, 5.74) is 6.88. The maximum Gasteiger partial charge on any atom is 0.137 e. The van der Waals surface area contributed by atoms with E-state index >= 15 is 0 Å². The molecular formula is C13H23N5. The second-order valence-corrected chi connectivity index (χ2v) is 5.26. The summed E-state index contributed by atoms with van der Waals surface area (Å²) in [5.74, 6) is 2.28. The zero-order valence-corrected chi connectivity index (χ0v) is 11.8. The zero-order chi connectivity index (χ0) is 13.3. The van der Waals surface area contributed by atoms with E-state index in [1.807, 2.05) is 13.8 Å². The molecule has 18 heavy (non-hydrogen) atoms. The van der Waals surface area contributed by atoms with Crippen molar-refractivity contribution in [2.75, 3.05) is 37.8 Å². The molecule has 0 aliphatic carbocycles.